The van der Waals surface area contributed by atoms with Crippen molar-refractivity contribution in [3.63, 3.8) is 0 Å². The number of anilines is 1. The predicted molar refractivity (Wildman–Crippen MR) is 74.1 cm³/mol. The number of hydrogen-bond acceptors (Lipinski definition) is 6. The predicted octanol–water partition coefficient (Wildman–Crippen LogP) is 1.77. The van der Waals surface area contributed by atoms with Crippen molar-refractivity contribution in [3.05, 3.63) is 22.5 Å². The van der Waals surface area contributed by atoms with Crippen LogP contribution in [-0.2, 0) is 0 Å². The average Bonchev–Trinajstić information content (AvgIpc) is 2.34. The van der Waals surface area contributed by atoms with Crippen molar-refractivity contribution in [2.24, 2.45) is 5.92 Å². The van der Waals surface area contributed by atoms with E-state index < -0.39 is 4.92 Å². The molecule has 0 aliphatic carbocycles. The molecule has 1 atom stereocenters. The summed E-state index contributed by atoms with van der Waals surface area (Å²) in [5.41, 5.74) is -0.100. The van der Waals surface area contributed by atoms with Gasteiger partial charge in [0.25, 0.3) is 0 Å². The van der Waals surface area contributed by atoms with Crippen molar-refractivity contribution < 1.29 is 4.92 Å². The molecule has 0 aromatic carbocycles. The fraction of sp³-hybridized carbons (Fsp3) is 0.667. The molecule has 0 saturated heterocycles. The third kappa shape index (κ3) is 5.17. The largest absolute Gasteiger partial charge is 0.353 e. The lowest BCUT2D eigenvalue weighted by atomic mass is 10.0. The van der Waals surface area contributed by atoms with Crippen LogP contribution in [0.3, 0.4) is 0 Å². The molecule has 0 radical (unpaired) electrons. The summed E-state index contributed by atoms with van der Waals surface area (Å²) < 4.78 is 0. The quantitative estimate of drug-likeness (QED) is 0.598. The highest BCUT2D eigenvalue weighted by Gasteiger charge is 2.14. The van der Waals surface area contributed by atoms with E-state index in [1.165, 1.54) is 12.4 Å². The number of nitro groups is 1. The Morgan fingerprint density at radius 3 is 2.37 bits per heavy atom. The zero-order chi connectivity index (χ0) is 14.4. The SMILES string of the molecule is CC(C)CC(CNc1ncc([N+](=O)[O-])cn1)N(C)C. The molecule has 1 aromatic heterocycles. The van der Waals surface area contributed by atoms with E-state index in [2.05, 4.69) is 34.0 Å². The molecule has 1 heterocycles. The van der Waals surface area contributed by atoms with Crippen LogP contribution >= 0.6 is 0 Å². The Kier molecular flexibility index (Phi) is 5.62. The number of aromatic nitrogens is 2. The minimum atomic E-state index is -0.509. The Hall–Kier alpha value is -1.76. The monoisotopic (exact) mass is 267 g/mol. The molecule has 7 heteroatoms. The van der Waals surface area contributed by atoms with Gasteiger partial charge in [0, 0.05) is 12.6 Å². The highest BCUT2D eigenvalue weighted by molar-refractivity contribution is 5.30. The maximum atomic E-state index is 10.5. The number of nitrogens with one attached hydrogen (secondary N) is 1. The Bertz CT molecular complexity index is 405. The first-order chi connectivity index (χ1) is 8.90. The molecule has 1 N–H and O–H groups in total. The van der Waals surface area contributed by atoms with E-state index in [9.17, 15) is 10.1 Å². The van der Waals surface area contributed by atoms with Crippen LogP contribution in [0.1, 0.15) is 20.3 Å². The molecule has 0 aliphatic rings. The smallest absolute Gasteiger partial charge is 0.305 e. The number of rotatable bonds is 7. The molecule has 19 heavy (non-hydrogen) atoms. The van der Waals surface area contributed by atoms with Gasteiger partial charge in [-0.15, -0.1) is 0 Å². The number of hydrogen-bond donors (Lipinski definition) is 1. The van der Waals surface area contributed by atoms with Crippen LogP contribution in [0.5, 0.6) is 0 Å². The van der Waals surface area contributed by atoms with Crippen molar-refractivity contribution in [1.29, 1.82) is 0 Å². The van der Waals surface area contributed by atoms with Gasteiger partial charge in [-0.05, 0) is 26.4 Å². The Morgan fingerprint density at radius 2 is 1.95 bits per heavy atom. The van der Waals surface area contributed by atoms with Crippen molar-refractivity contribution in [3.8, 4) is 0 Å². The van der Waals surface area contributed by atoms with Crippen LogP contribution in [0.2, 0.25) is 0 Å². The fourth-order valence-electron chi connectivity index (χ4n) is 1.74. The topological polar surface area (TPSA) is 84.2 Å². The maximum Gasteiger partial charge on any atom is 0.305 e. The average molecular weight is 267 g/mol. The lowest BCUT2D eigenvalue weighted by molar-refractivity contribution is -0.385. The standard InChI is InChI=1S/C12H21N5O2/c1-9(2)5-10(16(3)4)6-13-12-14-7-11(8-15-12)17(18)19/h7-10H,5-6H2,1-4H3,(H,13,14,15). The first-order valence-corrected chi connectivity index (χ1v) is 6.27. The number of nitrogens with zero attached hydrogens (tertiary/aromatic N) is 4. The summed E-state index contributed by atoms with van der Waals surface area (Å²) in [5, 5.41) is 13.6. The van der Waals surface area contributed by atoms with Crippen LogP contribution in [0.15, 0.2) is 12.4 Å². The molecule has 0 aliphatic heterocycles. The first-order valence-electron chi connectivity index (χ1n) is 6.27. The minimum Gasteiger partial charge on any atom is -0.353 e. The van der Waals surface area contributed by atoms with Gasteiger partial charge in [0.2, 0.25) is 5.95 Å². The summed E-state index contributed by atoms with van der Waals surface area (Å²) in [7, 11) is 4.07. The Balaban J connectivity index is 2.56. The molecule has 0 fully saturated rings. The minimum absolute atomic E-state index is 0.100. The normalized spacial score (nSPS) is 12.7. The maximum absolute atomic E-state index is 10.5. The second-order valence-electron chi connectivity index (χ2n) is 5.15. The van der Waals surface area contributed by atoms with Gasteiger partial charge in [0.05, 0.1) is 4.92 Å². The highest BCUT2D eigenvalue weighted by atomic mass is 16.6. The van der Waals surface area contributed by atoms with Gasteiger partial charge < -0.3 is 10.2 Å². The van der Waals surface area contributed by atoms with Gasteiger partial charge in [-0.3, -0.25) is 10.1 Å². The molecule has 0 bridgehead atoms. The van der Waals surface area contributed by atoms with Gasteiger partial charge in [-0.1, -0.05) is 13.8 Å². The van der Waals surface area contributed by atoms with E-state index in [1.807, 2.05) is 14.1 Å². The van der Waals surface area contributed by atoms with E-state index in [0.717, 1.165) is 6.42 Å². The van der Waals surface area contributed by atoms with Gasteiger partial charge in [0.15, 0.2) is 0 Å². The third-order valence-corrected chi connectivity index (χ3v) is 2.82. The van der Waals surface area contributed by atoms with Crippen molar-refractivity contribution >= 4 is 11.6 Å². The molecule has 1 aromatic rings. The molecule has 106 valence electrons. The van der Waals surface area contributed by atoms with E-state index in [4.69, 9.17) is 0 Å². The van der Waals surface area contributed by atoms with E-state index in [-0.39, 0.29) is 5.69 Å². The summed E-state index contributed by atoms with van der Waals surface area (Å²) in [5.74, 6) is 1.02. The van der Waals surface area contributed by atoms with Crippen LogP contribution in [0, 0.1) is 16.0 Å². The molecule has 1 unspecified atom stereocenters. The molecule has 0 amide bonds. The zero-order valence-electron chi connectivity index (χ0n) is 11.8. The van der Waals surface area contributed by atoms with E-state index >= 15 is 0 Å². The molecule has 0 saturated carbocycles. The summed E-state index contributed by atoms with van der Waals surface area (Å²) >= 11 is 0. The van der Waals surface area contributed by atoms with Crippen LogP contribution in [0.25, 0.3) is 0 Å². The third-order valence-electron chi connectivity index (χ3n) is 2.82. The van der Waals surface area contributed by atoms with Crippen molar-refractivity contribution in [2.75, 3.05) is 26.0 Å². The van der Waals surface area contributed by atoms with Gasteiger partial charge >= 0.3 is 5.69 Å². The lowest BCUT2D eigenvalue weighted by Gasteiger charge is -2.26. The summed E-state index contributed by atoms with van der Waals surface area (Å²) in [6, 6.07) is 0.374. The van der Waals surface area contributed by atoms with Crippen LogP contribution in [0.4, 0.5) is 11.6 Å². The van der Waals surface area contributed by atoms with Gasteiger partial charge in [0.1, 0.15) is 12.4 Å². The lowest BCUT2D eigenvalue weighted by Crippen LogP contribution is -2.35. The molecule has 0 spiro atoms. The van der Waals surface area contributed by atoms with Gasteiger partial charge in [-0.2, -0.15) is 0 Å². The molecule has 1 rings (SSSR count). The first kappa shape index (κ1) is 15.3. The molecular formula is C12H21N5O2. The fourth-order valence-corrected chi connectivity index (χ4v) is 1.74. The molecular weight excluding hydrogens is 246 g/mol. The Morgan fingerprint density at radius 1 is 1.37 bits per heavy atom. The summed E-state index contributed by atoms with van der Waals surface area (Å²) in [6.07, 6.45) is 3.48. The summed E-state index contributed by atoms with van der Waals surface area (Å²) in [6.45, 7) is 5.07. The molecule has 7 nitrogen and oxygen atoms in total. The van der Waals surface area contributed by atoms with Gasteiger partial charge in [-0.25, -0.2) is 9.97 Å². The second-order valence-corrected chi connectivity index (χ2v) is 5.15. The van der Waals surface area contributed by atoms with E-state index in [0.29, 0.717) is 24.5 Å². The zero-order valence-corrected chi connectivity index (χ0v) is 11.8. The van der Waals surface area contributed by atoms with Crippen molar-refractivity contribution in [2.45, 2.75) is 26.3 Å². The van der Waals surface area contributed by atoms with Crippen LogP contribution in [-0.4, -0.2) is 46.5 Å². The summed E-state index contributed by atoms with van der Waals surface area (Å²) in [4.78, 5) is 20.0. The van der Waals surface area contributed by atoms with Crippen molar-refractivity contribution in [1.82, 2.24) is 14.9 Å². The highest BCUT2D eigenvalue weighted by Crippen LogP contribution is 2.11. The van der Waals surface area contributed by atoms with E-state index in [1.54, 1.807) is 0 Å². The number of likely N-dealkylation sites (N-methyl/N-ethyl adjacent to an activating group) is 1. The second kappa shape index (κ2) is 6.98. The van der Waals surface area contributed by atoms with Crippen LogP contribution < -0.4 is 5.32 Å². The Labute approximate surface area is 113 Å².